The summed E-state index contributed by atoms with van der Waals surface area (Å²) >= 11 is 1.63. The average molecular weight is 315 g/mol. The molecule has 0 spiro atoms. The lowest BCUT2D eigenvalue weighted by molar-refractivity contribution is 0.105. The Hall–Kier alpha value is -1.13. The van der Waals surface area contributed by atoms with Crippen molar-refractivity contribution in [2.45, 2.75) is 38.6 Å². The summed E-state index contributed by atoms with van der Waals surface area (Å²) in [5.41, 5.74) is 0. The van der Waals surface area contributed by atoms with Gasteiger partial charge in [0.25, 0.3) is 0 Å². The van der Waals surface area contributed by atoms with Crippen LogP contribution in [0.15, 0.2) is 24.3 Å². The minimum Gasteiger partial charge on any atom is -0.353 e. The van der Waals surface area contributed by atoms with E-state index in [2.05, 4.69) is 41.0 Å². The van der Waals surface area contributed by atoms with Gasteiger partial charge in [0.15, 0.2) is 0 Å². The Morgan fingerprint density at radius 2 is 1.82 bits per heavy atom. The number of piperazine rings is 1. The van der Waals surface area contributed by atoms with E-state index in [-0.39, 0.29) is 0 Å². The summed E-state index contributed by atoms with van der Waals surface area (Å²) in [6, 6.07) is 9.44. The van der Waals surface area contributed by atoms with Gasteiger partial charge in [-0.3, -0.25) is 4.90 Å². The molecule has 1 aliphatic heterocycles. The zero-order valence-electron chi connectivity index (χ0n) is 13.4. The SMILES string of the molecule is CC1CCCCC1N1CCN(c2nsc3ccccc23)CC1. The fourth-order valence-electron chi connectivity index (χ4n) is 4.21. The molecule has 2 atom stereocenters. The molecule has 118 valence electrons. The number of hydrogen-bond donors (Lipinski definition) is 0. The summed E-state index contributed by atoms with van der Waals surface area (Å²) in [6.07, 6.45) is 5.68. The highest BCUT2D eigenvalue weighted by Crippen LogP contribution is 2.32. The van der Waals surface area contributed by atoms with Gasteiger partial charge >= 0.3 is 0 Å². The summed E-state index contributed by atoms with van der Waals surface area (Å²) in [6.45, 7) is 7.08. The molecule has 0 radical (unpaired) electrons. The second-order valence-electron chi connectivity index (χ2n) is 6.85. The maximum absolute atomic E-state index is 4.72. The fraction of sp³-hybridized carbons (Fsp3) is 0.611. The third kappa shape index (κ3) is 2.63. The molecule has 3 nitrogen and oxygen atoms in total. The van der Waals surface area contributed by atoms with E-state index in [4.69, 9.17) is 4.37 Å². The Kier molecular flexibility index (Phi) is 4.05. The zero-order valence-corrected chi connectivity index (χ0v) is 14.2. The minimum absolute atomic E-state index is 0.822. The number of nitrogens with zero attached hydrogens (tertiary/aromatic N) is 3. The molecule has 0 N–H and O–H groups in total. The van der Waals surface area contributed by atoms with Crippen LogP contribution in [0.2, 0.25) is 0 Å². The molecule has 2 fully saturated rings. The zero-order chi connectivity index (χ0) is 14.9. The first-order valence-electron chi connectivity index (χ1n) is 8.66. The van der Waals surface area contributed by atoms with Crippen LogP contribution < -0.4 is 4.90 Å². The number of rotatable bonds is 2. The predicted molar refractivity (Wildman–Crippen MR) is 94.8 cm³/mol. The van der Waals surface area contributed by atoms with Crippen LogP contribution in [0.4, 0.5) is 5.82 Å². The Morgan fingerprint density at radius 3 is 2.64 bits per heavy atom. The molecule has 1 saturated carbocycles. The van der Waals surface area contributed by atoms with Gasteiger partial charge in [-0.05, 0) is 42.4 Å². The van der Waals surface area contributed by atoms with Gasteiger partial charge in [-0.25, -0.2) is 0 Å². The van der Waals surface area contributed by atoms with Crippen molar-refractivity contribution in [3.8, 4) is 0 Å². The second kappa shape index (κ2) is 6.17. The smallest absolute Gasteiger partial charge is 0.150 e. The highest BCUT2D eigenvalue weighted by Gasteiger charge is 2.30. The Balaban J connectivity index is 1.45. The molecule has 2 aromatic rings. The molecule has 2 heterocycles. The minimum atomic E-state index is 0.822. The first kappa shape index (κ1) is 14.5. The lowest BCUT2D eigenvalue weighted by Gasteiger charge is -2.43. The topological polar surface area (TPSA) is 19.4 Å². The van der Waals surface area contributed by atoms with Crippen LogP contribution in [0.3, 0.4) is 0 Å². The monoisotopic (exact) mass is 315 g/mol. The van der Waals surface area contributed by atoms with Crippen molar-refractivity contribution in [1.29, 1.82) is 0 Å². The Bertz CT molecular complexity index is 630. The van der Waals surface area contributed by atoms with Crippen LogP contribution in [0.5, 0.6) is 0 Å². The van der Waals surface area contributed by atoms with Crippen molar-refractivity contribution in [2.75, 3.05) is 31.1 Å². The molecule has 0 amide bonds. The Morgan fingerprint density at radius 1 is 1.05 bits per heavy atom. The van der Waals surface area contributed by atoms with E-state index in [0.29, 0.717) is 0 Å². The van der Waals surface area contributed by atoms with E-state index in [1.165, 1.54) is 54.7 Å². The number of hydrogen-bond acceptors (Lipinski definition) is 4. The maximum atomic E-state index is 4.72. The van der Waals surface area contributed by atoms with E-state index in [9.17, 15) is 0 Å². The van der Waals surface area contributed by atoms with Crippen LogP contribution in [0.1, 0.15) is 32.6 Å². The van der Waals surface area contributed by atoms with Gasteiger partial charge < -0.3 is 4.90 Å². The summed E-state index contributed by atoms with van der Waals surface area (Å²) < 4.78 is 6.03. The molecule has 4 heteroatoms. The van der Waals surface area contributed by atoms with Gasteiger partial charge in [0.05, 0.1) is 4.70 Å². The standard InChI is InChI=1S/C18H25N3S/c1-14-6-2-4-8-16(14)20-10-12-21(13-11-20)18-15-7-3-5-9-17(15)22-19-18/h3,5,7,9,14,16H,2,4,6,8,10-13H2,1H3. The molecule has 2 unspecified atom stereocenters. The second-order valence-corrected chi connectivity index (χ2v) is 7.66. The molecule has 22 heavy (non-hydrogen) atoms. The highest BCUT2D eigenvalue weighted by atomic mass is 32.1. The van der Waals surface area contributed by atoms with E-state index in [0.717, 1.165) is 25.0 Å². The highest BCUT2D eigenvalue weighted by molar-refractivity contribution is 7.13. The summed E-state index contributed by atoms with van der Waals surface area (Å²) in [5, 5.41) is 1.33. The van der Waals surface area contributed by atoms with Gasteiger partial charge in [-0.15, -0.1) is 0 Å². The first-order valence-corrected chi connectivity index (χ1v) is 9.43. The van der Waals surface area contributed by atoms with E-state index < -0.39 is 0 Å². The molecule has 1 aromatic carbocycles. The predicted octanol–water partition coefficient (Wildman–Crippen LogP) is 4.00. The van der Waals surface area contributed by atoms with Gasteiger partial charge in [0.2, 0.25) is 0 Å². The van der Waals surface area contributed by atoms with E-state index in [1.807, 2.05) is 0 Å². The molecule has 1 aromatic heterocycles. The number of anilines is 1. The van der Waals surface area contributed by atoms with Crippen LogP contribution in [0, 0.1) is 5.92 Å². The average Bonchev–Trinajstić information content (AvgIpc) is 3.00. The lowest BCUT2D eigenvalue weighted by atomic mass is 9.84. The van der Waals surface area contributed by atoms with Crippen molar-refractivity contribution in [1.82, 2.24) is 9.27 Å². The fourth-order valence-corrected chi connectivity index (χ4v) is 5.00. The molecule has 0 bridgehead atoms. The number of fused-ring (bicyclic) bond motifs is 1. The van der Waals surface area contributed by atoms with Gasteiger partial charge in [-0.1, -0.05) is 31.9 Å². The van der Waals surface area contributed by atoms with E-state index >= 15 is 0 Å². The van der Waals surface area contributed by atoms with Gasteiger partial charge in [-0.2, -0.15) is 4.37 Å². The van der Waals surface area contributed by atoms with Crippen LogP contribution in [-0.4, -0.2) is 41.5 Å². The molecule has 1 aliphatic carbocycles. The third-order valence-electron chi connectivity index (χ3n) is 5.51. The maximum Gasteiger partial charge on any atom is 0.150 e. The van der Waals surface area contributed by atoms with Crippen LogP contribution in [0.25, 0.3) is 10.1 Å². The number of aromatic nitrogens is 1. The third-order valence-corrected chi connectivity index (χ3v) is 6.32. The van der Waals surface area contributed by atoms with Gasteiger partial charge in [0.1, 0.15) is 5.82 Å². The largest absolute Gasteiger partial charge is 0.353 e. The van der Waals surface area contributed by atoms with Crippen molar-refractivity contribution < 1.29 is 0 Å². The van der Waals surface area contributed by atoms with Crippen LogP contribution in [-0.2, 0) is 0 Å². The Labute approximate surface area is 137 Å². The number of benzene rings is 1. The summed E-state index contributed by atoms with van der Waals surface area (Å²) in [5.74, 6) is 2.08. The molecule has 1 saturated heterocycles. The van der Waals surface area contributed by atoms with Crippen molar-refractivity contribution in [3.63, 3.8) is 0 Å². The van der Waals surface area contributed by atoms with Crippen LogP contribution >= 0.6 is 11.5 Å². The molecule has 4 rings (SSSR count). The van der Waals surface area contributed by atoms with Gasteiger partial charge in [0, 0.05) is 37.6 Å². The summed E-state index contributed by atoms with van der Waals surface area (Å²) in [4.78, 5) is 5.23. The van der Waals surface area contributed by atoms with Crippen molar-refractivity contribution >= 4 is 27.4 Å². The molecular weight excluding hydrogens is 290 g/mol. The quantitative estimate of drug-likeness (QED) is 0.835. The van der Waals surface area contributed by atoms with Crippen molar-refractivity contribution in [2.24, 2.45) is 5.92 Å². The van der Waals surface area contributed by atoms with E-state index in [1.54, 1.807) is 11.5 Å². The molecule has 2 aliphatic rings. The summed E-state index contributed by atoms with van der Waals surface area (Å²) in [7, 11) is 0. The lowest BCUT2D eigenvalue weighted by Crippen LogP contribution is -2.52. The van der Waals surface area contributed by atoms with Crippen molar-refractivity contribution in [3.05, 3.63) is 24.3 Å². The molecular formula is C18H25N3S. The first-order chi connectivity index (χ1) is 10.8. The normalized spacial score (nSPS) is 27.4.